The molecule has 0 amide bonds. The van der Waals surface area contributed by atoms with Crippen LogP contribution in [0.1, 0.15) is 33.6 Å². The summed E-state index contributed by atoms with van der Waals surface area (Å²) in [5, 5.41) is 4.12. The summed E-state index contributed by atoms with van der Waals surface area (Å²) in [7, 11) is -1.59. The van der Waals surface area contributed by atoms with E-state index in [1.54, 1.807) is 24.7 Å². The molecule has 0 unspecified atom stereocenters. The molecular weight excluding hydrogens is 841 g/mol. The van der Waals surface area contributed by atoms with Crippen LogP contribution in [0.25, 0.3) is 22.5 Å². The standard InChI is InChI=1S/C27H30FN7O2S2.C19H19FN4/c1-32-12-14-33(15-13-32)27-31-17-26(38-27)39(36,37)35-11-8-22-23(6-9-30-24(22)18-35)25-16-29-19-34(25)10-7-20-2-4-21(28)5-3-20;20-15-3-1-14(2-4-15)7-10-24-13-22-12-19(24)17-6-9-23-18-11-21-8-5-16(17)18/h2-6,9,16-17,19H,7-8,10-15,18H2,1H3;1-4,6,9,12-13,21H,5,7-8,10-11H2. The zero-order chi connectivity index (χ0) is 43.3. The zero-order valence-corrected chi connectivity index (χ0v) is 36.7. The zero-order valence-electron chi connectivity index (χ0n) is 35.1. The van der Waals surface area contributed by atoms with Gasteiger partial charge in [-0.25, -0.2) is 32.2 Å². The Morgan fingerprint density at radius 2 is 1.25 bits per heavy atom. The average molecular weight is 890 g/mol. The summed E-state index contributed by atoms with van der Waals surface area (Å²) in [5.74, 6) is -0.438. The van der Waals surface area contributed by atoms with Gasteiger partial charge in [-0.3, -0.25) is 9.97 Å². The Kier molecular flexibility index (Phi) is 12.8. The van der Waals surface area contributed by atoms with E-state index in [9.17, 15) is 17.2 Å². The van der Waals surface area contributed by atoms with Crippen molar-refractivity contribution in [2.45, 2.75) is 56.1 Å². The molecule has 1 fully saturated rings. The number of fused-ring (bicyclic) bond motifs is 2. The summed E-state index contributed by atoms with van der Waals surface area (Å²) in [6.07, 6.45) is 15.7. The summed E-state index contributed by atoms with van der Waals surface area (Å²) in [6, 6.07) is 17.3. The van der Waals surface area contributed by atoms with Crippen LogP contribution in [0.15, 0.2) is 109 Å². The summed E-state index contributed by atoms with van der Waals surface area (Å²) in [5.41, 5.74) is 10.8. The third kappa shape index (κ3) is 9.62. The molecule has 8 heterocycles. The molecule has 0 saturated carbocycles. The van der Waals surface area contributed by atoms with Crippen LogP contribution in [0.2, 0.25) is 0 Å². The van der Waals surface area contributed by atoms with Crippen LogP contribution in [0.4, 0.5) is 13.9 Å². The lowest BCUT2D eigenvalue weighted by Gasteiger charge is -2.32. The number of piperazine rings is 1. The first kappa shape index (κ1) is 42.6. The minimum atomic E-state index is -3.68. The normalized spacial score (nSPS) is 15.7. The maximum absolute atomic E-state index is 13.6. The predicted molar refractivity (Wildman–Crippen MR) is 240 cm³/mol. The van der Waals surface area contributed by atoms with Gasteiger partial charge in [0.15, 0.2) is 9.34 Å². The van der Waals surface area contributed by atoms with Crippen LogP contribution < -0.4 is 10.2 Å². The first-order valence-electron chi connectivity index (χ1n) is 21.2. The number of imidazole rings is 2. The van der Waals surface area contributed by atoms with Gasteiger partial charge in [-0.1, -0.05) is 35.6 Å². The molecule has 0 aliphatic carbocycles. The van der Waals surface area contributed by atoms with Gasteiger partial charge in [-0.05, 0) is 97.9 Å². The lowest BCUT2D eigenvalue weighted by Crippen LogP contribution is -2.44. The molecule has 0 bridgehead atoms. The number of aryl methyl sites for hydroxylation is 4. The minimum Gasteiger partial charge on any atom is -0.345 e. The number of aromatic nitrogens is 7. The number of rotatable bonds is 11. The van der Waals surface area contributed by atoms with Gasteiger partial charge in [-0.2, -0.15) is 4.31 Å². The van der Waals surface area contributed by atoms with Gasteiger partial charge >= 0.3 is 0 Å². The Hall–Kier alpha value is -5.72. The highest BCUT2D eigenvalue weighted by Crippen LogP contribution is 2.34. The number of thiazole rings is 1. The molecule has 326 valence electrons. The predicted octanol–water partition coefficient (Wildman–Crippen LogP) is 6.25. The lowest BCUT2D eigenvalue weighted by molar-refractivity contribution is 0.313. The Labute approximate surface area is 370 Å². The summed E-state index contributed by atoms with van der Waals surface area (Å²) in [4.78, 5) is 26.6. The Morgan fingerprint density at radius 3 is 1.86 bits per heavy atom. The topological polar surface area (TPSA) is 130 Å². The minimum absolute atomic E-state index is 0.195. The molecule has 0 atom stereocenters. The Bertz CT molecular complexity index is 2770. The van der Waals surface area contributed by atoms with Gasteiger partial charge in [0.1, 0.15) is 11.6 Å². The molecule has 7 aromatic rings. The van der Waals surface area contributed by atoms with Crippen molar-refractivity contribution >= 4 is 26.5 Å². The Morgan fingerprint density at radius 1 is 0.683 bits per heavy atom. The van der Waals surface area contributed by atoms with E-state index >= 15 is 0 Å². The molecule has 63 heavy (non-hydrogen) atoms. The van der Waals surface area contributed by atoms with Crippen molar-refractivity contribution in [3.8, 4) is 22.5 Å². The van der Waals surface area contributed by atoms with Gasteiger partial charge in [0.2, 0.25) is 0 Å². The van der Waals surface area contributed by atoms with E-state index in [0.29, 0.717) is 19.5 Å². The third-order valence-electron chi connectivity index (χ3n) is 12.0. The number of halogens is 2. The fourth-order valence-electron chi connectivity index (χ4n) is 8.39. The van der Waals surface area contributed by atoms with Crippen molar-refractivity contribution in [1.82, 2.24) is 48.6 Å². The van der Waals surface area contributed by atoms with Crippen molar-refractivity contribution < 1.29 is 17.2 Å². The molecule has 0 spiro atoms. The molecule has 1 N–H and O–H groups in total. The number of nitrogens with one attached hydrogen (secondary N) is 1. The molecule has 10 rings (SSSR count). The largest absolute Gasteiger partial charge is 0.345 e. The highest BCUT2D eigenvalue weighted by molar-refractivity contribution is 7.91. The SMILES string of the molecule is CN1CCN(c2ncc(S(=O)(=O)N3CCc4c(-c5cncn5CCc5ccc(F)cc5)ccnc4C3)s2)CC1.Fc1ccc(CCn2cncc2-c2ccnc3c2CCNC3)cc1. The molecular formula is C46H49F2N11O2S2. The second-order valence-corrected chi connectivity index (χ2v) is 19.2. The van der Waals surface area contributed by atoms with Crippen molar-refractivity contribution in [2.75, 3.05) is 51.2 Å². The molecule has 13 nitrogen and oxygen atoms in total. The Balaban J connectivity index is 0.000000179. The van der Waals surface area contributed by atoms with Crippen molar-refractivity contribution in [1.29, 1.82) is 0 Å². The van der Waals surface area contributed by atoms with Crippen LogP contribution in [0.3, 0.4) is 0 Å². The molecule has 17 heteroatoms. The van der Waals surface area contributed by atoms with Crippen LogP contribution in [-0.4, -0.2) is 98.0 Å². The van der Waals surface area contributed by atoms with Crippen molar-refractivity contribution in [2.24, 2.45) is 0 Å². The monoisotopic (exact) mass is 889 g/mol. The molecule has 1 saturated heterocycles. The van der Waals surface area contributed by atoms with E-state index in [0.717, 1.165) is 115 Å². The first-order valence-corrected chi connectivity index (χ1v) is 23.5. The van der Waals surface area contributed by atoms with Crippen LogP contribution >= 0.6 is 11.3 Å². The van der Waals surface area contributed by atoms with E-state index < -0.39 is 10.0 Å². The quantitative estimate of drug-likeness (QED) is 0.159. The van der Waals surface area contributed by atoms with E-state index in [-0.39, 0.29) is 22.4 Å². The highest BCUT2D eigenvalue weighted by Gasteiger charge is 2.33. The molecule has 3 aliphatic rings. The van der Waals surface area contributed by atoms with E-state index in [1.807, 2.05) is 43.1 Å². The van der Waals surface area contributed by atoms with E-state index in [1.165, 1.54) is 57.2 Å². The molecule has 0 radical (unpaired) electrons. The maximum atomic E-state index is 13.6. The fraction of sp³-hybridized carbons (Fsp3) is 0.326. The highest BCUT2D eigenvalue weighted by atomic mass is 32.2. The number of benzene rings is 2. The van der Waals surface area contributed by atoms with E-state index in [2.05, 4.69) is 62.3 Å². The number of hydrogen-bond acceptors (Lipinski definition) is 11. The number of sulfonamides is 1. The van der Waals surface area contributed by atoms with Gasteiger partial charge in [0, 0.05) is 75.9 Å². The van der Waals surface area contributed by atoms with Crippen LogP contribution in [-0.2, 0) is 61.9 Å². The van der Waals surface area contributed by atoms with Gasteiger partial charge in [0.05, 0.1) is 60.6 Å². The number of pyridine rings is 2. The second kappa shape index (κ2) is 18.9. The van der Waals surface area contributed by atoms with Gasteiger partial charge < -0.3 is 24.3 Å². The molecule has 2 aromatic carbocycles. The average Bonchev–Trinajstić information content (AvgIpc) is 4.11. The van der Waals surface area contributed by atoms with Crippen LogP contribution in [0.5, 0.6) is 0 Å². The second-order valence-electron chi connectivity index (χ2n) is 16.0. The molecule has 3 aliphatic heterocycles. The number of nitrogens with zero attached hydrogens (tertiary/aromatic N) is 10. The summed E-state index contributed by atoms with van der Waals surface area (Å²) in [6.45, 7) is 7.46. The maximum Gasteiger partial charge on any atom is 0.254 e. The summed E-state index contributed by atoms with van der Waals surface area (Å²) >= 11 is 1.24. The summed E-state index contributed by atoms with van der Waals surface area (Å²) < 4.78 is 59.4. The number of likely N-dealkylation sites (N-methyl/N-ethyl adjacent to an activating group) is 1. The van der Waals surface area contributed by atoms with Crippen LogP contribution in [0, 0.1) is 11.6 Å². The van der Waals surface area contributed by atoms with Gasteiger partial charge in [0.25, 0.3) is 10.0 Å². The smallest absolute Gasteiger partial charge is 0.254 e. The molecule has 5 aromatic heterocycles. The number of anilines is 1. The first-order chi connectivity index (χ1) is 30.7. The van der Waals surface area contributed by atoms with Crippen molar-refractivity contribution in [3.63, 3.8) is 0 Å². The van der Waals surface area contributed by atoms with E-state index in [4.69, 9.17) is 0 Å². The van der Waals surface area contributed by atoms with Gasteiger partial charge in [-0.15, -0.1) is 0 Å². The third-order valence-corrected chi connectivity index (χ3v) is 15.3. The lowest BCUT2D eigenvalue weighted by atomic mass is 9.98. The number of hydrogen-bond donors (Lipinski definition) is 1. The van der Waals surface area contributed by atoms with Crippen molar-refractivity contribution in [3.05, 3.63) is 150 Å². The fourth-order valence-corrected chi connectivity index (χ4v) is 11.1.